The number of aryl methyl sites for hydroxylation is 1. The molecule has 0 aliphatic carbocycles. The summed E-state index contributed by atoms with van der Waals surface area (Å²) < 4.78 is 104. The molecule has 0 radical (unpaired) electrons. The van der Waals surface area contributed by atoms with Crippen molar-refractivity contribution in [1.29, 1.82) is 0 Å². The Morgan fingerprint density at radius 2 is 1.59 bits per heavy atom. The molecule has 0 saturated carbocycles. The van der Waals surface area contributed by atoms with E-state index in [1.165, 1.54) is 0 Å². The third kappa shape index (κ3) is 7.54. The lowest BCUT2D eigenvalue weighted by Gasteiger charge is -2.37. The fourth-order valence-corrected chi connectivity index (χ4v) is 5.37. The summed E-state index contributed by atoms with van der Waals surface area (Å²) >= 11 is 0. The molecule has 1 N–H and O–H groups in total. The van der Waals surface area contributed by atoms with E-state index < -0.39 is 53.8 Å². The number of hydrogen-bond acceptors (Lipinski definition) is 6. The van der Waals surface area contributed by atoms with Crippen molar-refractivity contribution in [3.63, 3.8) is 0 Å². The number of benzene rings is 2. The molecule has 1 aliphatic rings. The van der Waals surface area contributed by atoms with Crippen molar-refractivity contribution in [3.05, 3.63) is 59.2 Å². The standard InChI is InChI=1S/C32H40F6N2O6/c1-7-9-22-18-24(30(31(33,34)35,32(36,37)38)45-19-43-6)13-16-26(22)44-17-8-10-21(4)40-27(41)29(5,39-28(40)42)23-11-14-25(15-12-23)46-20(2)3/h11-16,18,20-21H,7-10,17,19H2,1-6H3,(H,39,42). The van der Waals surface area contributed by atoms with Gasteiger partial charge in [-0.15, -0.1) is 0 Å². The largest absolute Gasteiger partial charge is 0.493 e. The molecule has 0 spiro atoms. The van der Waals surface area contributed by atoms with E-state index >= 15 is 0 Å². The first-order chi connectivity index (χ1) is 21.4. The van der Waals surface area contributed by atoms with Crippen molar-refractivity contribution in [2.24, 2.45) is 0 Å². The van der Waals surface area contributed by atoms with Crippen LogP contribution < -0.4 is 14.8 Å². The van der Waals surface area contributed by atoms with Gasteiger partial charge in [0.05, 0.1) is 12.7 Å². The van der Waals surface area contributed by atoms with Gasteiger partial charge in [-0.1, -0.05) is 31.5 Å². The predicted octanol–water partition coefficient (Wildman–Crippen LogP) is 7.38. The number of urea groups is 1. The number of methoxy groups -OCH3 is 1. The van der Waals surface area contributed by atoms with Crippen molar-refractivity contribution in [1.82, 2.24) is 10.2 Å². The Hall–Kier alpha value is -3.52. The van der Waals surface area contributed by atoms with Crippen molar-refractivity contribution < 1.29 is 54.9 Å². The fourth-order valence-electron chi connectivity index (χ4n) is 5.37. The number of rotatable bonds is 15. The summed E-state index contributed by atoms with van der Waals surface area (Å²) in [5.74, 6) is 0.314. The normalized spacial score (nSPS) is 18.2. The zero-order chi connectivity index (χ0) is 34.5. The van der Waals surface area contributed by atoms with Gasteiger partial charge in [-0.25, -0.2) is 4.79 Å². The van der Waals surface area contributed by atoms with E-state index in [9.17, 15) is 35.9 Å². The molecule has 1 fully saturated rings. The second-order valence-corrected chi connectivity index (χ2v) is 11.6. The lowest BCUT2D eigenvalue weighted by atomic mass is 9.89. The maximum absolute atomic E-state index is 14.0. The summed E-state index contributed by atoms with van der Waals surface area (Å²) in [4.78, 5) is 27.5. The van der Waals surface area contributed by atoms with Gasteiger partial charge in [-0.3, -0.25) is 9.69 Å². The molecule has 8 nitrogen and oxygen atoms in total. The van der Waals surface area contributed by atoms with E-state index in [0.29, 0.717) is 36.6 Å². The summed E-state index contributed by atoms with van der Waals surface area (Å²) in [7, 11) is 0.921. The lowest BCUT2D eigenvalue weighted by Crippen LogP contribution is -2.56. The van der Waals surface area contributed by atoms with Crippen LogP contribution in [0.5, 0.6) is 11.5 Å². The van der Waals surface area contributed by atoms with Crippen molar-refractivity contribution in [3.8, 4) is 11.5 Å². The molecule has 2 unspecified atom stereocenters. The van der Waals surface area contributed by atoms with Crippen LogP contribution in [0.4, 0.5) is 31.1 Å². The topological polar surface area (TPSA) is 86.3 Å². The van der Waals surface area contributed by atoms with E-state index in [4.69, 9.17) is 9.47 Å². The number of halogens is 6. The van der Waals surface area contributed by atoms with Crippen LogP contribution in [-0.2, 0) is 31.8 Å². The average Bonchev–Trinajstić information content (AvgIpc) is 3.19. The molecule has 14 heteroatoms. The Morgan fingerprint density at radius 3 is 2.13 bits per heavy atom. The van der Waals surface area contributed by atoms with Crippen LogP contribution in [0.25, 0.3) is 0 Å². The number of carbonyl (C=O) groups excluding carboxylic acids is 2. The molecule has 0 bridgehead atoms. The summed E-state index contributed by atoms with van der Waals surface area (Å²) in [6.45, 7) is 7.61. The van der Waals surface area contributed by atoms with E-state index in [2.05, 4.69) is 14.8 Å². The highest BCUT2D eigenvalue weighted by molar-refractivity contribution is 6.07. The quantitative estimate of drug-likeness (QED) is 0.0928. The third-order valence-corrected chi connectivity index (χ3v) is 7.67. The molecule has 1 aliphatic heterocycles. The van der Waals surface area contributed by atoms with Gasteiger partial charge in [0.25, 0.3) is 11.5 Å². The Balaban J connectivity index is 1.71. The van der Waals surface area contributed by atoms with Crippen LogP contribution in [-0.4, -0.2) is 61.8 Å². The molecule has 3 rings (SSSR count). The Labute approximate surface area is 264 Å². The second kappa shape index (κ2) is 14.5. The van der Waals surface area contributed by atoms with Crippen LogP contribution in [0.3, 0.4) is 0 Å². The van der Waals surface area contributed by atoms with Crippen LogP contribution in [0.2, 0.25) is 0 Å². The monoisotopic (exact) mass is 662 g/mol. The minimum Gasteiger partial charge on any atom is -0.493 e. The number of amides is 3. The van der Waals surface area contributed by atoms with Crippen molar-refractivity contribution in [2.45, 2.75) is 95.9 Å². The first-order valence-corrected chi connectivity index (χ1v) is 14.9. The number of nitrogens with one attached hydrogen (secondary N) is 1. The van der Waals surface area contributed by atoms with Gasteiger partial charge in [0, 0.05) is 18.7 Å². The van der Waals surface area contributed by atoms with Crippen LogP contribution in [0.1, 0.15) is 70.6 Å². The van der Waals surface area contributed by atoms with E-state index in [-0.39, 0.29) is 30.4 Å². The number of nitrogens with zero attached hydrogens (tertiary/aromatic N) is 1. The smallest absolute Gasteiger partial charge is 0.430 e. The van der Waals surface area contributed by atoms with E-state index in [1.807, 2.05) is 13.8 Å². The Bertz CT molecular complexity index is 1330. The van der Waals surface area contributed by atoms with Crippen molar-refractivity contribution >= 4 is 11.9 Å². The van der Waals surface area contributed by atoms with Gasteiger partial charge < -0.3 is 24.3 Å². The first kappa shape index (κ1) is 36.9. The number of alkyl halides is 6. The first-order valence-electron chi connectivity index (χ1n) is 14.9. The maximum Gasteiger partial charge on any atom is 0.430 e. The summed E-state index contributed by atoms with van der Waals surface area (Å²) in [5.41, 5.74) is -6.31. The average molecular weight is 663 g/mol. The molecule has 2 aromatic carbocycles. The summed E-state index contributed by atoms with van der Waals surface area (Å²) in [6.07, 6.45) is -10.5. The summed E-state index contributed by atoms with van der Waals surface area (Å²) in [6, 6.07) is 8.34. The molecule has 1 heterocycles. The van der Waals surface area contributed by atoms with Crippen LogP contribution >= 0.6 is 0 Å². The lowest BCUT2D eigenvalue weighted by molar-refractivity contribution is -0.400. The predicted molar refractivity (Wildman–Crippen MR) is 156 cm³/mol. The van der Waals surface area contributed by atoms with Crippen molar-refractivity contribution in [2.75, 3.05) is 20.5 Å². The highest BCUT2D eigenvalue weighted by Crippen LogP contribution is 2.53. The van der Waals surface area contributed by atoms with Gasteiger partial charge in [0.15, 0.2) is 0 Å². The summed E-state index contributed by atoms with van der Waals surface area (Å²) in [5, 5.41) is 2.76. The number of ether oxygens (including phenoxy) is 4. The van der Waals surface area contributed by atoms with Gasteiger partial charge in [-0.05, 0) is 82.3 Å². The molecular weight excluding hydrogens is 622 g/mol. The van der Waals surface area contributed by atoms with Gasteiger partial charge in [-0.2, -0.15) is 26.3 Å². The fraction of sp³-hybridized carbons (Fsp3) is 0.562. The SMILES string of the molecule is CCCc1cc(C(OCOC)(C(F)(F)F)C(F)(F)F)ccc1OCCCC(C)N1C(=O)NC(C)(c2ccc(OC(C)C)cc2)C1=O. The van der Waals surface area contributed by atoms with Gasteiger partial charge in [0.1, 0.15) is 23.8 Å². The van der Waals surface area contributed by atoms with E-state index in [1.54, 1.807) is 45.0 Å². The zero-order valence-electron chi connectivity index (χ0n) is 26.6. The highest BCUT2D eigenvalue weighted by Gasteiger charge is 2.73. The Kier molecular flexibility index (Phi) is 11.6. The second-order valence-electron chi connectivity index (χ2n) is 11.6. The molecule has 2 atom stereocenters. The zero-order valence-corrected chi connectivity index (χ0v) is 26.6. The van der Waals surface area contributed by atoms with E-state index in [0.717, 1.165) is 24.1 Å². The van der Waals surface area contributed by atoms with Crippen LogP contribution in [0, 0.1) is 0 Å². The Morgan fingerprint density at radius 1 is 0.957 bits per heavy atom. The molecule has 46 heavy (non-hydrogen) atoms. The van der Waals surface area contributed by atoms with Crippen LogP contribution in [0.15, 0.2) is 42.5 Å². The number of carbonyl (C=O) groups is 2. The molecule has 1 saturated heterocycles. The number of hydrogen-bond donors (Lipinski definition) is 1. The number of imide groups is 1. The molecule has 0 aromatic heterocycles. The molecule has 2 aromatic rings. The molecule has 256 valence electrons. The highest BCUT2D eigenvalue weighted by atomic mass is 19.4. The van der Waals surface area contributed by atoms with Gasteiger partial charge in [0.2, 0.25) is 0 Å². The molecular formula is C32H40F6N2O6. The minimum atomic E-state index is -5.84. The molecule has 3 amide bonds. The minimum absolute atomic E-state index is 0.0302. The van der Waals surface area contributed by atoms with Gasteiger partial charge >= 0.3 is 18.4 Å². The maximum atomic E-state index is 14.0. The third-order valence-electron chi connectivity index (χ3n) is 7.67.